The highest BCUT2D eigenvalue weighted by Crippen LogP contribution is 2.35. The van der Waals surface area contributed by atoms with Crippen LogP contribution in [0.3, 0.4) is 0 Å². The van der Waals surface area contributed by atoms with Gasteiger partial charge in [-0.05, 0) is 18.1 Å². The summed E-state index contributed by atoms with van der Waals surface area (Å²) in [5.74, 6) is -0.0167. The maximum absolute atomic E-state index is 12.3. The Kier molecular flexibility index (Phi) is 3.91. The second-order valence-corrected chi connectivity index (χ2v) is 4.56. The standard InChI is InChI=1S/C17H16O2/c1-14(19)17(12-13-18,15-8-4-2-5-9-15)16-10-6-3-7-11-16/h2-11,13H,12H2,1H3. The fourth-order valence-corrected chi connectivity index (χ4v) is 2.52. The molecule has 2 heteroatoms. The van der Waals surface area contributed by atoms with Gasteiger partial charge in [-0.15, -0.1) is 0 Å². The minimum atomic E-state index is -0.871. The zero-order valence-corrected chi connectivity index (χ0v) is 10.9. The number of carbonyl (C=O) groups is 2. The summed E-state index contributed by atoms with van der Waals surface area (Å²) in [6, 6.07) is 19.0. The van der Waals surface area contributed by atoms with Crippen molar-refractivity contribution in [2.75, 3.05) is 0 Å². The third-order valence-electron chi connectivity index (χ3n) is 3.52. The van der Waals surface area contributed by atoms with Gasteiger partial charge in [0.2, 0.25) is 0 Å². The van der Waals surface area contributed by atoms with Crippen molar-refractivity contribution in [1.29, 1.82) is 0 Å². The van der Waals surface area contributed by atoms with Gasteiger partial charge in [-0.2, -0.15) is 0 Å². The van der Waals surface area contributed by atoms with Crippen LogP contribution in [-0.2, 0) is 15.0 Å². The zero-order chi connectivity index (χ0) is 13.7. The van der Waals surface area contributed by atoms with Crippen LogP contribution in [0.15, 0.2) is 60.7 Å². The normalized spacial score (nSPS) is 11.0. The van der Waals surface area contributed by atoms with Gasteiger partial charge in [0.25, 0.3) is 0 Å². The smallest absolute Gasteiger partial charge is 0.145 e. The molecule has 96 valence electrons. The molecule has 0 bridgehead atoms. The molecule has 2 aromatic carbocycles. The molecule has 0 aliphatic carbocycles. The number of rotatable bonds is 5. The van der Waals surface area contributed by atoms with Crippen LogP contribution in [0, 0.1) is 0 Å². The number of carbonyl (C=O) groups excluding carboxylic acids is 2. The van der Waals surface area contributed by atoms with Crippen LogP contribution in [0.4, 0.5) is 0 Å². The van der Waals surface area contributed by atoms with Crippen LogP contribution < -0.4 is 0 Å². The molecule has 0 radical (unpaired) electrons. The van der Waals surface area contributed by atoms with E-state index in [1.807, 2.05) is 60.7 Å². The molecule has 0 aliphatic rings. The average molecular weight is 252 g/mol. The van der Waals surface area contributed by atoms with Crippen LogP contribution in [-0.4, -0.2) is 12.1 Å². The number of benzene rings is 2. The SMILES string of the molecule is CC(=O)C(CC=O)(c1ccccc1)c1ccccc1. The van der Waals surface area contributed by atoms with Crippen molar-refractivity contribution in [2.45, 2.75) is 18.8 Å². The number of hydrogen-bond acceptors (Lipinski definition) is 2. The molecule has 0 aliphatic heterocycles. The largest absolute Gasteiger partial charge is 0.303 e. The van der Waals surface area contributed by atoms with E-state index in [-0.39, 0.29) is 12.2 Å². The van der Waals surface area contributed by atoms with Gasteiger partial charge in [0.1, 0.15) is 12.1 Å². The Hall–Kier alpha value is -2.22. The fraction of sp³-hybridized carbons (Fsp3) is 0.176. The van der Waals surface area contributed by atoms with Crippen LogP contribution in [0.5, 0.6) is 0 Å². The van der Waals surface area contributed by atoms with Crippen molar-refractivity contribution in [3.05, 3.63) is 71.8 Å². The van der Waals surface area contributed by atoms with Crippen molar-refractivity contribution < 1.29 is 9.59 Å². The van der Waals surface area contributed by atoms with Gasteiger partial charge in [0.15, 0.2) is 0 Å². The van der Waals surface area contributed by atoms with Crippen molar-refractivity contribution in [3.63, 3.8) is 0 Å². The Labute approximate surface area is 113 Å². The third kappa shape index (κ3) is 2.34. The van der Waals surface area contributed by atoms with E-state index in [9.17, 15) is 9.59 Å². The molecule has 0 saturated carbocycles. The molecule has 0 aromatic heterocycles. The van der Waals surface area contributed by atoms with Crippen LogP contribution in [0.1, 0.15) is 24.5 Å². The molecular formula is C17H16O2. The molecule has 0 amide bonds. The summed E-state index contributed by atoms with van der Waals surface area (Å²) in [7, 11) is 0. The van der Waals surface area contributed by atoms with E-state index < -0.39 is 5.41 Å². The summed E-state index contributed by atoms with van der Waals surface area (Å²) < 4.78 is 0. The quantitative estimate of drug-likeness (QED) is 0.766. The Balaban J connectivity index is 2.68. The lowest BCUT2D eigenvalue weighted by molar-refractivity contribution is -0.123. The Morgan fingerprint density at radius 1 is 0.947 bits per heavy atom. The summed E-state index contributed by atoms with van der Waals surface area (Å²) >= 11 is 0. The summed E-state index contributed by atoms with van der Waals surface area (Å²) in [5.41, 5.74) is 0.853. The Morgan fingerprint density at radius 3 is 1.68 bits per heavy atom. The van der Waals surface area contributed by atoms with Crippen LogP contribution in [0.25, 0.3) is 0 Å². The van der Waals surface area contributed by atoms with E-state index in [2.05, 4.69) is 0 Å². The van der Waals surface area contributed by atoms with Crippen LogP contribution in [0.2, 0.25) is 0 Å². The molecule has 0 unspecified atom stereocenters. The van der Waals surface area contributed by atoms with Crippen molar-refractivity contribution in [2.24, 2.45) is 0 Å². The number of Topliss-reactive ketones (excluding diaryl/α,β-unsaturated/α-hetero) is 1. The molecule has 0 atom stereocenters. The first-order chi connectivity index (χ1) is 9.21. The van der Waals surface area contributed by atoms with Gasteiger partial charge in [0.05, 0.1) is 5.41 Å². The minimum Gasteiger partial charge on any atom is -0.303 e. The maximum atomic E-state index is 12.3. The summed E-state index contributed by atoms with van der Waals surface area (Å²) in [4.78, 5) is 23.4. The zero-order valence-electron chi connectivity index (χ0n) is 10.9. The number of aldehydes is 1. The lowest BCUT2D eigenvalue weighted by Gasteiger charge is -2.30. The molecule has 0 fully saturated rings. The summed E-state index contributed by atoms with van der Waals surface area (Å²) in [6.45, 7) is 1.55. The summed E-state index contributed by atoms with van der Waals surface area (Å²) in [6.07, 6.45) is 0.984. The first-order valence-electron chi connectivity index (χ1n) is 6.27. The lowest BCUT2D eigenvalue weighted by atomic mass is 9.70. The van der Waals surface area contributed by atoms with E-state index in [0.29, 0.717) is 0 Å². The highest BCUT2D eigenvalue weighted by Gasteiger charge is 2.38. The highest BCUT2D eigenvalue weighted by molar-refractivity contribution is 5.94. The first-order valence-corrected chi connectivity index (χ1v) is 6.27. The van der Waals surface area contributed by atoms with Crippen molar-refractivity contribution in [1.82, 2.24) is 0 Å². The summed E-state index contributed by atoms with van der Waals surface area (Å²) in [5, 5.41) is 0. The second kappa shape index (κ2) is 5.61. The van der Waals surface area contributed by atoms with E-state index in [0.717, 1.165) is 17.4 Å². The minimum absolute atomic E-state index is 0.0167. The molecule has 2 aromatic rings. The molecule has 0 spiro atoms. The highest BCUT2D eigenvalue weighted by atomic mass is 16.1. The van der Waals surface area contributed by atoms with Crippen LogP contribution >= 0.6 is 0 Å². The van der Waals surface area contributed by atoms with Crippen molar-refractivity contribution >= 4 is 12.1 Å². The van der Waals surface area contributed by atoms with Crippen molar-refractivity contribution in [3.8, 4) is 0 Å². The number of ketones is 1. The van der Waals surface area contributed by atoms with Gasteiger partial charge >= 0.3 is 0 Å². The van der Waals surface area contributed by atoms with E-state index in [1.165, 1.54) is 0 Å². The molecular weight excluding hydrogens is 236 g/mol. The number of hydrogen-bond donors (Lipinski definition) is 0. The van der Waals surface area contributed by atoms with Gasteiger partial charge in [0, 0.05) is 6.42 Å². The monoisotopic (exact) mass is 252 g/mol. The second-order valence-electron chi connectivity index (χ2n) is 4.56. The van der Waals surface area contributed by atoms with Gasteiger partial charge < -0.3 is 4.79 Å². The molecule has 0 heterocycles. The maximum Gasteiger partial charge on any atom is 0.145 e. The fourth-order valence-electron chi connectivity index (χ4n) is 2.52. The van der Waals surface area contributed by atoms with Gasteiger partial charge in [-0.25, -0.2) is 0 Å². The third-order valence-corrected chi connectivity index (χ3v) is 3.52. The van der Waals surface area contributed by atoms with E-state index in [4.69, 9.17) is 0 Å². The molecule has 2 nitrogen and oxygen atoms in total. The van der Waals surface area contributed by atoms with Gasteiger partial charge in [-0.1, -0.05) is 60.7 Å². The predicted molar refractivity (Wildman–Crippen MR) is 75.0 cm³/mol. The molecule has 2 rings (SSSR count). The molecule has 19 heavy (non-hydrogen) atoms. The predicted octanol–water partition coefficient (Wildman–Crippen LogP) is 3.15. The Morgan fingerprint density at radius 2 is 1.37 bits per heavy atom. The topological polar surface area (TPSA) is 34.1 Å². The average Bonchev–Trinajstić information content (AvgIpc) is 2.46. The Bertz CT molecular complexity index is 519. The van der Waals surface area contributed by atoms with Gasteiger partial charge in [-0.3, -0.25) is 4.79 Å². The molecule has 0 saturated heterocycles. The molecule has 0 N–H and O–H groups in total. The lowest BCUT2D eigenvalue weighted by Crippen LogP contribution is -2.36. The van der Waals surface area contributed by atoms with E-state index >= 15 is 0 Å². The first kappa shape index (κ1) is 13.2. The van der Waals surface area contributed by atoms with E-state index in [1.54, 1.807) is 6.92 Å².